The van der Waals surface area contributed by atoms with Crippen LogP contribution in [0, 0.1) is 0 Å². The zero-order chi connectivity index (χ0) is 17.8. The fourth-order valence-corrected chi connectivity index (χ4v) is 3.34. The van der Waals surface area contributed by atoms with Crippen molar-refractivity contribution in [1.29, 1.82) is 0 Å². The number of ether oxygens (including phenoxy) is 1. The molecule has 0 aromatic heterocycles. The van der Waals surface area contributed by atoms with Gasteiger partial charge in [-0.25, -0.2) is 0 Å². The van der Waals surface area contributed by atoms with Gasteiger partial charge in [-0.15, -0.1) is 0 Å². The lowest BCUT2D eigenvalue weighted by molar-refractivity contribution is -0.132. The van der Waals surface area contributed by atoms with Crippen LogP contribution in [0.4, 0.5) is 5.69 Å². The molecular formula is C20H22N2O3. The van der Waals surface area contributed by atoms with Gasteiger partial charge in [0.15, 0.2) is 0 Å². The van der Waals surface area contributed by atoms with Gasteiger partial charge in [0, 0.05) is 25.2 Å². The number of nitrogens with zero attached hydrogens (tertiary/aromatic N) is 1. The van der Waals surface area contributed by atoms with Crippen molar-refractivity contribution in [3.63, 3.8) is 0 Å². The molecule has 1 aliphatic heterocycles. The molecule has 0 saturated heterocycles. The number of methoxy groups -OCH3 is 1. The van der Waals surface area contributed by atoms with E-state index in [0.717, 1.165) is 12.0 Å². The number of hydrogen-bond donors (Lipinski definition) is 1. The van der Waals surface area contributed by atoms with Crippen molar-refractivity contribution in [3.05, 3.63) is 59.7 Å². The first-order valence-electron chi connectivity index (χ1n) is 8.37. The Morgan fingerprint density at radius 3 is 2.76 bits per heavy atom. The second-order valence-electron chi connectivity index (χ2n) is 6.16. The average Bonchev–Trinajstić information content (AvgIpc) is 2.61. The first-order chi connectivity index (χ1) is 12.1. The Balaban J connectivity index is 1.79. The number of anilines is 1. The van der Waals surface area contributed by atoms with Crippen LogP contribution in [0.15, 0.2) is 48.5 Å². The van der Waals surface area contributed by atoms with Crippen molar-refractivity contribution in [3.8, 4) is 5.75 Å². The Kier molecular flexibility index (Phi) is 5.03. The van der Waals surface area contributed by atoms with Crippen molar-refractivity contribution in [2.75, 3.05) is 19.0 Å². The monoisotopic (exact) mass is 338 g/mol. The van der Waals surface area contributed by atoms with Crippen LogP contribution in [-0.2, 0) is 16.0 Å². The van der Waals surface area contributed by atoms with Crippen LogP contribution in [0.1, 0.15) is 30.5 Å². The lowest BCUT2D eigenvalue weighted by Gasteiger charge is -2.36. The molecule has 0 saturated carbocycles. The van der Waals surface area contributed by atoms with Crippen molar-refractivity contribution in [2.24, 2.45) is 0 Å². The van der Waals surface area contributed by atoms with E-state index in [4.69, 9.17) is 4.74 Å². The fourth-order valence-electron chi connectivity index (χ4n) is 3.34. The van der Waals surface area contributed by atoms with Crippen LogP contribution in [0.3, 0.4) is 0 Å². The summed E-state index contributed by atoms with van der Waals surface area (Å²) >= 11 is 0. The van der Waals surface area contributed by atoms with Crippen LogP contribution in [0.25, 0.3) is 0 Å². The fraction of sp³-hybridized carbons (Fsp3) is 0.300. The number of rotatable bonds is 4. The molecule has 2 aromatic rings. The molecule has 1 heterocycles. The lowest BCUT2D eigenvalue weighted by Crippen LogP contribution is -2.40. The van der Waals surface area contributed by atoms with E-state index in [9.17, 15) is 9.59 Å². The number of benzene rings is 2. The molecule has 0 radical (unpaired) electrons. The highest BCUT2D eigenvalue weighted by Crippen LogP contribution is 2.32. The molecule has 1 aliphatic rings. The van der Waals surface area contributed by atoms with Crippen LogP contribution >= 0.6 is 0 Å². The highest BCUT2D eigenvalue weighted by atomic mass is 16.5. The number of hydrogen-bond acceptors (Lipinski definition) is 3. The lowest BCUT2D eigenvalue weighted by atomic mass is 9.90. The van der Waals surface area contributed by atoms with Gasteiger partial charge in [-0.05, 0) is 29.7 Å². The first kappa shape index (κ1) is 17.0. The number of carbonyl (C=O) groups excluding carboxylic acids is 2. The summed E-state index contributed by atoms with van der Waals surface area (Å²) in [6.07, 6.45) is 1.05. The van der Waals surface area contributed by atoms with Crippen molar-refractivity contribution < 1.29 is 14.3 Å². The Morgan fingerprint density at radius 2 is 2.00 bits per heavy atom. The van der Waals surface area contributed by atoms with E-state index < -0.39 is 0 Å². The minimum atomic E-state index is -0.229. The standard InChI is InChI=1S/C20H22N2O3/c1-14(23)22-11-10-15-6-3-4-9-18(15)19(22)13-20(24)21-16-7-5-8-17(12-16)25-2/h3-9,12,19H,10-11,13H2,1-2H3,(H,21,24). The van der Waals surface area contributed by atoms with E-state index in [1.807, 2.05) is 36.4 Å². The molecule has 5 heteroatoms. The Hall–Kier alpha value is -2.82. The smallest absolute Gasteiger partial charge is 0.226 e. The van der Waals surface area contributed by atoms with E-state index >= 15 is 0 Å². The molecule has 2 aromatic carbocycles. The van der Waals surface area contributed by atoms with Gasteiger partial charge in [-0.1, -0.05) is 30.3 Å². The van der Waals surface area contributed by atoms with Gasteiger partial charge in [0.25, 0.3) is 0 Å². The van der Waals surface area contributed by atoms with Crippen LogP contribution in [-0.4, -0.2) is 30.4 Å². The molecule has 0 spiro atoms. The van der Waals surface area contributed by atoms with E-state index in [0.29, 0.717) is 18.0 Å². The second-order valence-corrected chi connectivity index (χ2v) is 6.16. The molecule has 2 amide bonds. The molecule has 0 bridgehead atoms. The number of nitrogens with one attached hydrogen (secondary N) is 1. The molecule has 3 rings (SSSR count). The average molecular weight is 338 g/mol. The van der Waals surface area contributed by atoms with Gasteiger partial charge in [-0.2, -0.15) is 0 Å². The summed E-state index contributed by atoms with van der Waals surface area (Å²) in [5.41, 5.74) is 2.95. The van der Waals surface area contributed by atoms with Crippen molar-refractivity contribution in [1.82, 2.24) is 4.90 Å². The molecule has 0 aliphatic carbocycles. The van der Waals surface area contributed by atoms with Gasteiger partial charge in [-0.3, -0.25) is 9.59 Å². The summed E-state index contributed by atoms with van der Waals surface area (Å²) in [6.45, 7) is 2.20. The normalized spacial score (nSPS) is 16.1. The van der Waals surface area contributed by atoms with Gasteiger partial charge in [0.1, 0.15) is 5.75 Å². The highest BCUT2D eigenvalue weighted by molar-refractivity contribution is 5.92. The molecule has 1 unspecified atom stereocenters. The Bertz CT molecular complexity index is 788. The molecule has 1 N–H and O–H groups in total. The SMILES string of the molecule is COc1cccc(NC(=O)CC2c3ccccc3CCN2C(C)=O)c1. The summed E-state index contributed by atoms with van der Waals surface area (Å²) in [7, 11) is 1.59. The predicted octanol–water partition coefficient (Wildman–Crippen LogP) is 3.17. The van der Waals surface area contributed by atoms with E-state index in [1.54, 1.807) is 25.0 Å². The third-order valence-corrected chi connectivity index (χ3v) is 4.55. The number of amides is 2. The maximum Gasteiger partial charge on any atom is 0.226 e. The molecular weight excluding hydrogens is 316 g/mol. The molecule has 130 valence electrons. The summed E-state index contributed by atoms with van der Waals surface area (Å²) in [5.74, 6) is 0.557. The molecule has 0 fully saturated rings. The predicted molar refractivity (Wildman–Crippen MR) is 96.5 cm³/mol. The first-order valence-corrected chi connectivity index (χ1v) is 8.37. The largest absolute Gasteiger partial charge is 0.497 e. The Labute approximate surface area is 147 Å². The number of fused-ring (bicyclic) bond motifs is 1. The molecule has 25 heavy (non-hydrogen) atoms. The maximum absolute atomic E-state index is 12.6. The zero-order valence-electron chi connectivity index (χ0n) is 14.5. The van der Waals surface area contributed by atoms with Crippen molar-refractivity contribution >= 4 is 17.5 Å². The summed E-state index contributed by atoms with van der Waals surface area (Å²) in [4.78, 5) is 26.4. The van der Waals surface area contributed by atoms with Crippen LogP contribution in [0.2, 0.25) is 0 Å². The van der Waals surface area contributed by atoms with Gasteiger partial charge in [0.05, 0.1) is 19.6 Å². The van der Waals surface area contributed by atoms with Crippen LogP contribution in [0.5, 0.6) is 5.75 Å². The van der Waals surface area contributed by atoms with Crippen molar-refractivity contribution in [2.45, 2.75) is 25.8 Å². The molecule has 5 nitrogen and oxygen atoms in total. The highest BCUT2D eigenvalue weighted by Gasteiger charge is 2.30. The number of carbonyl (C=O) groups is 2. The minimum Gasteiger partial charge on any atom is -0.497 e. The second kappa shape index (κ2) is 7.38. The third kappa shape index (κ3) is 3.82. The quantitative estimate of drug-likeness (QED) is 0.931. The summed E-state index contributed by atoms with van der Waals surface area (Å²) < 4.78 is 5.18. The third-order valence-electron chi connectivity index (χ3n) is 4.55. The zero-order valence-corrected chi connectivity index (χ0v) is 14.5. The van der Waals surface area contributed by atoms with Gasteiger partial charge in [0.2, 0.25) is 11.8 Å². The van der Waals surface area contributed by atoms with E-state index in [-0.39, 0.29) is 24.3 Å². The minimum absolute atomic E-state index is 0.00585. The molecule has 1 atom stereocenters. The van der Waals surface area contributed by atoms with Crippen LogP contribution < -0.4 is 10.1 Å². The maximum atomic E-state index is 12.6. The summed E-state index contributed by atoms with van der Waals surface area (Å²) in [5, 5.41) is 2.90. The van der Waals surface area contributed by atoms with E-state index in [1.165, 1.54) is 5.56 Å². The van der Waals surface area contributed by atoms with E-state index in [2.05, 4.69) is 11.4 Å². The van der Waals surface area contributed by atoms with Gasteiger partial charge >= 0.3 is 0 Å². The summed E-state index contributed by atoms with van der Waals surface area (Å²) in [6, 6.07) is 15.0. The van der Waals surface area contributed by atoms with Gasteiger partial charge < -0.3 is 15.0 Å². The topological polar surface area (TPSA) is 58.6 Å². The Morgan fingerprint density at radius 1 is 1.20 bits per heavy atom.